The van der Waals surface area contributed by atoms with Crippen molar-refractivity contribution in [2.45, 2.75) is 25.8 Å². The van der Waals surface area contributed by atoms with Crippen molar-refractivity contribution in [3.63, 3.8) is 0 Å². The smallest absolute Gasteiger partial charge is 0.319 e. The predicted octanol–water partition coefficient (Wildman–Crippen LogP) is 4.49. The quantitative estimate of drug-likeness (QED) is 0.499. The summed E-state index contributed by atoms with van der Waals surface area (Å²) in [7, 11) is 0. The molecule has 1 aliphatic rings. The standard InChI is InChI=1S/C24H26N4O2S/c1-16-27-21(23(31-16)17-8-4-2-5-9-17)22(29)18-12-13-25-20(14-18)15-26-24(30)28-19-10-6-3-7-11-19/h2-11,18,20,25H,12-15H2,1H3,(H2,26,28,30). The minimum atomic E-state index is -0.247. The van der Waals surface area contributed by atoms with E-state index in [1.807, 2.05) is 67.6 Å². The van der Waals surface area contributed by atoms with Crippen LogP contribution in [0.4, 0.5) is 10.5 Å². The molecule has 0 bridgehead atoms. The number of nitrogens with zero attached hydrogens (tertiary/aromatic N) is 1. The van der Waals surface area contributed by atoms with Crippen molar-refractivity contribution < 1.29 is 9.59 Å². The van der Waals surface area contributed by atoms with E-state index in [0.717, 1.165) is 34.1 Å². The number of amides is 2. The third-order valence-electron chi connectivity index (χ3n) is 5.41. The maximum Gasteiger partial charge on any atom is 0.319 e. The monoisotopic (exact) mass is 434 g/mol. The van der Waals surface area contributed by atoms with Crippen LogP contribution in [0.3, 0.4) is 0 Å². The molecule has 2 unspecified atom stereocenters. The summed E-state index contributed by atoms with van der Waals surface area (Å²) in [5.41, 5.74) is 2.35. The molecule has 2 amide bonds. The molecule has 160 valence electrons. The minimum absolute atomic E-state index is 0.0455. The Morgan fingerprint density at radius 2 is 1.81 bits per heavy atom. The van der Waals surface area contributed by atoms with Gasteiger partial charge in [-0.05, 0) is 44.0 Å². The van der Waals surface area contributed by atoms with E-state index >= 15 is 0 Å². The fraction of sp³-hybridized carbons (Fsp3) is 0.292. The van der Waals surface area contributed by atoms with Gasteiger partial charge in [-0.25, -0.2) is 9.78 Å². The van der Waals surface area contributed by atoms with Crippen LogP contribution in [0, 0.1) is 12.8 Å². The van der Waals surface area contributed by atoms with E-state index in [9.17, 15) is 9.59 Å². The Kier molecular flexibility index (Phi) is 6.74. The van der Waals surface area contributed by atoms with Crippen LogP contribution < -0.4 is 16.0 Å². The fourth-order valence-corrected chi connectivity index (χ4v) is 4.81. The molecule has 2 atom stereocenters. The van der Waals surface area contributed by atoms with Crippen LogP contribution in [-0.4, -0.2) is 35.9 Å². The first-order valence-electron chi connectivity index (χ1n) is 10.5. The van der Waals surface area contributed by atoms with Crippen LogP contribution in [0.2, 0.25) is 0 Å². The van der Waals surface area contributed by atoms with Gasteiger partial charge in [0.05, 0.1) is 9.88 Å². The number of hydrogen-bond acceptors (Lipinski definition) is 5. The van der Waals surface area contributed by atoms with Gasteiger partial charge in [-0.2, -0.15) is 0 Å². The zero-order chi connectivity index (χ0) is 21.6. The second kappa shape index (κ2) is 9.85. The summed E-state index contributed by atoms with van der Waals surface area (Å²) in [5.74, 6) is -0.00219. The molecule has 0 radical (unpaired) electrons. The van der Waals surface area contributed by atoms with Crippen molar-refractivity contribution in [1.82, 2.24) is 15.6 Å². The molecule has 1 fully saturated rings. The molecule has 31 heavy (non-hydrogen) atoms. The van der Waals surface area contributed by atoms with Gasteiger partial charge in [0.25, 0.3) is 0 Å². The summed E-state index contributed by atoms with van der Waals surface area (Å²) in [6.07, 6.45) is 1.45. The number of aryl methyl sites for hydroxylation is 1. The van der Waals surface area contributed by atoms with Gasteiger partial charge in [-0.3, -0.25) is 4.79 Å². The summed E-state index contributed by atoms with van der Waals surface area (Å²) >= 11 is 1.56. The van der Waals surface area contributed by atoms with Crippen LogP contribution >= 0.6 is 11.3 Å². The summed E-state index contributed by atoms with van der Waals surface area (Å²) in [6.45, 7) is 3.14. The summed E-state index contributed by atoms with van der Waals surface area (Å²) in [4.78, 5) is 31.0. The number of carbonyl (C=O) groups excluding carboxylic acids is 2. The lowest BCUT2D eigenvalue weighted by Crippen LogP contribution is -2.47. The topological polar surface area (TPSA) is 83.1 Å². The van der Waals surface area contributed by atoms with Crippen molar-refractivity contribution in [2.75, 3.05) is 18.4 Å². The Hall–Kier alpha value is -3.03. The lowest BCUT2D eigenvalue weighted by Gasteiger charge is -2.29. The minimum Gasteiger partial charge on any atom is -0.336 e. The average Bonchev–Trinajstić information content (AvgIpc) is 3.20. The van der Waals surface area contributed by atoms with Crippen LogP contribution in [0.15, 0.2) is 60.7 Å². The largest absolute Gasteiger partial charge is 0.336 e. The van der Waals surface area contributed by atoms with E-state index in [-0.39, 0.29) is 23.8 Å². The van der Waals surface area contributed by atoms with Crippen molar-refractivity contribution in [1.29, 1.82) is 0 Å². The summed E-state index contributed by atoms with van der Waals surface area (Å²) in [5, 5.41) is 10.0. The molecule has 6 nitrogen and oxygen atoms in total. The number of ketones is 1. The van der Waals surface area contributed by atoms with E-state index in [0.29, 0.717) is 18.7 Å². The second-order valence-electron chi connectivity index (χ2n) is 7.71. The lowest BCUT2D eigenvalue weighted by atomic mass is 9.87. The summed E-state index contributed by atoms with van der Waals surface area (Å²) in [6, 6.07) is 19.1. The third-order valence-corrected chi connectivity index (χ3v) is 6.43. The fourth-order valence-electron chi connectivity index (χ4n) is 3.89. The van der Waals surface area contributed by atoms with Crippen molar-refractivity contribution >= 4 is 28.8 Å². The number of para-hydroxylation sites is 1. The zero-order valence-corrected chi connectivity index (χ0v) is 18.2. The van der Waals surface area contributed by atoms with Gasteiger partial charge >= 0.3 is 6.03 Å². The molecule has 1 saturated heterocycles. The van der Waals surface area contributed by atoms with Crippen LogP contribution in [-0.2, 0) is 0 Å². The number of hydrogen-bond donors (Lipinski definition) is 3. The lowest BCUT2D eigenvalue weighted by molar-refractivity contribution is 0.0875. The second-order valence-corrected chi connectivity index (χ2v) is 8.92. The maximum atomic E-state index is 13.3. The summed E-state index contributed by atoms with van der Waals surface area (Å²) < 4.78 is 0. The van der Waals surface area contributed by atoms with Gasteiger partial charge in [0, 0.05) is 24.2 Å². The van der Waals surface area contributed by atoms with E-state index in [4.69, 9.17) is 0 Å². The molecule has 3 N–H and O–H groups in total. The first-order valence-corrected chi connectivity index (χ1v) is 11.3. The van der Waals surface area contributed by atoms with Gasteiger partial charge in [0.2, 0.25) is 0 Å². The highest BCUT2D eigenvalue weighted by Gasteiger charge is 2.31. The third kappa shape index (κ3) is 5.37. The number of benzene rings is 2. The number of aromatic nitrogens is 1. The highest BCUT2D eigenvalue weighted by atomic mass is 32.1. The molecule has 2 heterocycles. The molecule has 0 saturated carbocycles. The van der Waals surface area contributed by atoms with Crippen LogP contribution in [0.25, 0.3) is 10.4 Å². The SMILES string of the molecule is Cc1nc(C(=O)C2CCNC(CNC(=O)Nc3ccccc3)C2)c(-c2ccccc2)s1. The molecule has 0 spiro atoms. The Balaban J connectivity index is 1.38. The van der Waals surface area contributed by atoms with E-state index < -0.39 is 0 Å². The van der Waals surface area contributed by atoms with Crippen molar-refractivity contribution in [3.05, 3.63) is 71.4 Å². The number of carbonyl (C=O) groups is 2. The maximum absolute atomic E-state index is 13.3. The molecule has 2 aromatic carbocycles. The normalized spacial score (nSPS) is 18.4. The van der Waals surface area contributed by atoms with Gasteiger partial charge in [-0.15, -0.1) is 11.3 Å². The molecular formula is C24H26N4O2S. The number of Topliss-reactive ketones (excluding diaryl/α,β-unsaturated/α-hetero) is 1. The molecule has 0 aliphatic carbocycles. The van der Waals surface area contributed by atoms with E-state index in [1.165, 1.54) is 0 Å². The first kappa shape index (κ1) is 21.2. The predicted molar refractivity (Wildman–Crippen MR) is 125 cm³/mol. The first-order chi connectivity index (χ1) is 15.1. The van der Waals surface area contributed by atoms with Gasteiger partial charge in [0.15, 0.2) is 5.78 Å². The Bertz CT molecular complexity index is 1040. The molecular weight excluding hydrogens is 408 g/mol. The number of urea groups is 1. The Morgan fingerprint density at radius 1 is 1.10 bits per heavy atom. The number of thiazole rings is 1. The average molecular weight is 435 g/mol. The highest BCUT2D eigenvalue weighted by Crippen LogP contribution is 2.33. The Labute approximate surface area is 186 Å². The molecule has 1 aromatic heterocycles. The van der Waals surface area contributed by atoms with Crippen molar-refractivity contribution in [2.24, 2.45) is 5.92 Å². The molecule has 7 heteroatoms. The van der Waals surface area contributed by atoms with E-state index in [1.54, 1.807) is 11.3 Å². The Morgan fingerprint density at radius 3 is 2.55 bits per heavy atom. The van der Waals surface area contributed by atoms with Gasteiger partial charge in [-0.1, -0.05) is 48.5 Å². The van der Waals surface area contributed by atoms with Crippen LogP contribution in [0.1, 0.15) is 28.3 Å². The zero-order valence-electron chi connectivity index (χ0n) is 17.4. The number of anilines is 1. The number of piperidine rings is 1. The number of rotatable bonds is 6. The van der Waals surface area contributed by atoms with Crippen molar-refractivity contribution in [3.8, 4) is 10.4 Å². The van der Waals surface area contributed by atoms with E-state index in [2.05, 4.69) is 20.9 Å². The molecule has 3 aromatic rings. The molecule has 4 rings (SSSR count). The van der Waals surface area contributed by atoms with Gasteiger partial charge < -0.3 is 16.0 Å². The van der Waals surface area contributed by atoms with Gasteiger partial charge in [0.1, 0.15) is 5.69 Å². The number of nitrogens with one attached hydrogen (secondary N) is 3. The highest BCUT2D eigenvalue weighted by molar-refractivity contribution is 7.15. The van der Waals surface area contributed by atoms with Crippen LogP contribution in [0.5, 0.6) is 0 Å². The molecule has 1 aliphatic heterocycles.